The lowest BCUT2D eigenvalue weighted by atomic mass is 9.98. The van der Waals surface area contributed by atoms with E-state index in [4.69, 9.17) is 16.3 Å². The van der Waals surface area contributed by atoms with Crippen LogP contribution in [0.4, 0.5) is 0 Å². The molecule has 0 aliphatic carbocycles. The number of hydrogen-bond donors (Lipinski definition) is 0. The molecule has 3 aromatic rings. The molecule has 10 heteroatoms. The van der Waals surface area contributed by atoms with Crippen molar-refractivity contribution < 1.29 is 14.3 Å². The van der Waals surface area contributed by atoms with Crippen molar-refractivity contribution in [2.24, 2.45) is 5.92 Å². The van der Waals surface area contributed by atoms with Crippen molar-refractivity contribution in [3.05, 3.63) is 91.2 Å². The molecule has 1 aromatic heterocycles. The van der Waals surface area contributed by atoms with Crippen LogP contribution in [-0.2, 0) is 16.1 Å². The second kappa shape index (κ2) is 10.9. The SMILES string of the molecule is CCOC(=O)C1CCCN(C(=O)c2nn(-c3cccc(C)c3)c(=O)n(Cc3ccccc3Cl)c2=O)C1. The number of carbonyl (C=O) groups excluding carboxylic acids is 2. The van der Waals surface area contributed by atoms with Crippen molar-refractivity contribution in [1.82, 2.24) is 19.2 Å². The lowest BCUT2D eigenvalue weighted by Crippen LogP contribution is -2.49. The number of esters is 1. The van der Waals surface area contributed by atoms with Crippen LogP contribution >= 0.6 is 11.6 Å². The van der Waals surface area contributed by atoms with Gasteiger partial charge in [0.2, 0.25) is 5.69 Å². The molecule has 9 nitrogen and oxygen atoms in total. The summed E-state index contributed by atoms with van der Waals surface area (Å²) in [7, 11) is 0. The highest BCUT2D eigenvalue weighted by atomic mass is 35.5. The van der Waals surface area contributed by atoms with Crippen LogP contribution < -0.4 is 11.2 Å². The van der Waals surface area contributed by atoms with E-state index >= 15 is 0 Å². The van der Waals surface area contributed by atoms with Gasteiger partial charge in [0.25, 0.3) is 11.5 Å². The van der Waals surface area contributed by atoms with Crippen LogP contribution in [0, 0.1) is 12.8 Å². The molecule has 1 saturated heterocycles. The minimum atomic E-state index is -0.813. The maximum atomic E-state index is 13.5. The van der Waals surface area contributed by atoms with Crippen molar-refractivity contribution in [1.29, 1.82) is 0 Å². The molecule has 0 saturated carbocycles. The van der Waals surface area contributed by atoms with Gasteiger partial charge in [0, 0.05) is 18.1 Å². The number of halogens is 1. The highest BCUT2D eigenvalue weighted by Gasteiger charge is 2.32. The number of hydrogen-bond acceptors (Lipinski definition) is 6. The molecule has 36 heavy (non-hydrogen) atoms. The molecule has 1 aliphatic heterocycles. The molecule has 0 N–H and O–H groups in total. The Morgan fingerprint density at radius 2 is 1.92 bits per heavy atom. The Labute approximate surface area is 212 Å². The normalized spacial score (nSPS) is 15.5. The van der Waals surface area contributed by atoms with Gasteiger partial charge in [0.05, 0.1) is 24.8 Å². The zero-order valence-corrected chi connectivity index (χ0v) is 20.9. The van der Waals surface area contributed by atoms with Gasteiger partial charge in [-0.3, -0.25) is 19.0 Å². The number of ether oxygens (including phenoxy) is 1. The number of rotatable bonds is 6. The van der Waals surface area contributed by atoms with Crippen molar-refractivity contribution in [2.45, 2.75) is 33.2 Å². The summed E-state index contributed by atoms with van der Waals surface area (Å²) < 4.78 is 7.15. The van der Waals surface area contributed by atoms with E-state index < -0.39 is 28.8 Å². The lowest BCUT2D eigenvalue weighted by Gasteiger charge is -2.31. The van der Waals surface area contributed by atoms with E-state index in [0.717, 1.165) is 14.8 Å². The summed E-state index contributed by atoms with van der Waals surface area (Å²) in [6.07, 6.45) is 1.18. The van der Waals surface area contributed by atoms with Crippen LogP contribution in [0.25, 0.3) is 5.69 Å². The van der Waals surface area contributed by atoms with E-state index in [0.29, 0.717) is 35.7 Å². The Morgan fingerprint density at radius 3 is 2.64 bits per heavy atom. The van der Waals surface area contributed by atoms with Gasteiger partial charge in [0.1, 0.15) is 0 Å². The van der Waals surface area contributed by atoms with Gasteiger partial charge in [-0.25, -0.2) is 4.79 Å². The van der Waals surface area contributed by atoms with Gasteiger partial charge in [-0.15, -0.1) is 0 Å². The van der Waals surface area contributed by atoms with Crippen LogP contribution in [0.5, 0.6) is 0 Å². The first kappa shape index (κ1) is 25.4. The number of benzene rings is 2. The summed E-state index contributed by atoms with van der Waals surface area (Å²) >= 11 is 6.29. The monoisotopic (exact) mass is 510 g/mol. The molecule has 188 valence electrons. The van der Waals surface area contributed by atoms with Crippen molar-refractivity contribution >= 4 is 23.5 Å². The Hall–Kier alpha value is -3.72. The topological polar surface area (TPSA) is 104 Å². The third kappa shape index (κ3) is 5.26. The summed E-state index contributed by atoms with van der Waals surface area (Å²) in [5.74, 6) is -1.48. The summed E-state index contributed by atoms with van der Waals surface area (Å²) in [4.78, 5) is 54.1. The number of aryl methyl sites for hydroxylation is 1. The molecular weight excluding hydrogens is 484 g/mol. The zero-order chi connectivity index (χ0) is 25.8. The van der Waals surface area contributed by atoms with E-state index in [1.54, 1.807) is 49.4 Å². The highest BCUT2D eigenvalue weighted by molar-refractivity contribution is 6.31. The van der Waals surface area contributed by atoms with Crippen LogP contribution in [-0.4, -0.2) is 50.8 Å². The molecule has 1 atom stereocenters. The number of aromatic nitrogens is 3. The van der Waals surface area contributed by atoms with Crippen LogP contribution in [0.1, 0.15) is 41.4 Å². The van der Waals surface area contributed by atoms with Crippen molar-refractivity contribution in [2.75, 3.05) is 19.7 Å². The maximum Gasteiger partial charge on any atom is 0.352 e. The summed E-state index contributed by atoms with van der Waals surface area (Å²) in [5, 5.41) is 4.61. The van der Waals surface area contributed by atoms with E-state index in [-0.39, 0.29) is 25.7 Å². The average Bonchev–Trinajstić information content (AvgIpc) is 2.87. The summed E-state index contributed by atoms with van der Waals surface area (Å²) in [6.45, 7) is 4.19. The Balaban J connectivity index is 1.80. The molecule has 2 aromatic carbocycles. The molecule has 1 fully saturated rings. The van der Waals surface area contributed by atoms with Crippen LogP contribution in [0.3, 0.4) is 0 Å². The predicted molar refractivity (Wildman–Crippen MR) is 135 cm³/mol. The summed E-state index contributed by atoms with van der Waals surface area (Å²) in [5.41, 5.74) is -0.0415. The first-order valence-corrected chi connectivity index (χ1v) is 12.2. The number of carbonyl (C=O) groups is 2. The van der Waals surface area contributed by atoms with Gasteiger partial charge in [-0.2, -0.15) is 9.78 Å². The van der Waals surface area contributed by atoms with Gasteiger partial charge < -0.3 is 9.64 Å². The number of piperidine rings is 1. The van der Waals surface area contributed by atoms with Gasteiger partial charge in [0.15, 0.2) is 0 Å². The number of amides is 1. The molecule has 1 amide bonds. The highest BCUT2D eigenvalue weighted by Crippen LogP contribution is 2.19. The third-order valence-corrected chi connectivity index (χ3v) is 6.49. The van der Waals surface area contributed by atoms with Crippen molar-refractivity contribution in [3.8, 4) is 5.69 Å². The van der Waals surface area contributed by atoms with Gasteiger partial charge >= 0.3 is 11.7 Å². The van der Waals surface area contributed by atoms with Crippen molar-refractivity contribution in [3.63, 3.8) is 0 Å². The van der Waals surface area contributed by atoms with Gasteiger partial charge in [-0.1, -0.05) is 41.9 Å². The zero-order valence-electron chi connectivity index (χ0n) is 20.1. The van der Waals surface area contributed by atoms with Crippen LogP contribution in [0.2, 0.25) is 5.02 Å². The molecule has 0 radical (unpaired) electrons. The molecule has 1 aliphatic rings. The molecule has 0 spiro atoms. The molecule has 0 bridgehead atoms. The van der Waals surface area contributed by atoms with E-state index in [2.05, 4.69) is 5.10 Å². The first-order valence-electron chi connectivity index (χ1n) is 11.8. The fourth-order valence-electron chi connectivity index (χ4n) is 4.28. The maximum absolute atomic E-state index is 13.5. The fourth-order valence-corrected chi connectivity index (χ4v) is 4.47. The molecule has 4 rings (SSSR count). The first-order chi connectivity index (χ1) is 17.3. The molecule has 1 unspecified atom stereocenters. The van der Waals surface area contributed by atoms with Gasteiger partial charge in [-0.05, 0) is 56.0 Å². The third-order valence-electron chi connectivity index (χ3n) is 6.12. The van der Waals surface area contributed by atoms with E-state index in [1.165, 1.54) is 4.90 Å². The average molecular weight is 511 g/mol. The Kier molecular flexibility index (Phi) is 7.69. The molecule has 2 heterocycles. The lowest BCUT2D eigenvalue weighted by molar-refractivity contribution is -0.149. The van der Waals surface area contributed by atoms with E-state index in [1.807, 2.05) is 13.0 Å². The minimum Gasteiger partial charge on any atom is -0.466 e. The standard InChI is InChI=1S/C26H27ClN4O5/c1-3-36-25(34)19-10-7-13-29(15-19)23(32)22-24(33)30(16-18-9-4-5-12-21(18)27)26(35)31(28-22)20-11-6-8-17(2)14-20/h4-6,8-9,11-12,14,19H,3,7,10,13,15-16H2,1-2H3. The fraction of sp³-hybridized carbons (Fsp3) is 0.346. The Bertz CT molecular complexity index is 1410. The Morgan fingerprint density at radius 1 is 1.14 bits per heavy atom. The largest absolute Gasteiger partial charge is 0.466 e. The minimum absolute atomic E-state index is 0.118. The summed E-state index contributed by atoms with van der Waals surface area (Å²) in [6, 6.07) is 13.9. The van der Waals surface area contributed by atoms with Crippen LogP contribution in [0.15, 0.2) is 58.1 Å². The number of nitrogens with zero attached hydrogens (tertiary/aromatic N) is 4. The number of likely N-dealkylation sites (tertiary alicyclic amines) is 1. The second-order valence-corrected chi connectivity index (χ2v) is 9.11. The predicted octanol–water partition coefficient (Wildman–Crippen LogP) is 2.82. The second-order valence-electron chi connectivity index (χ2n) is 8.71. The molecular formula is C26H27ClN4O5. The quantitative estimate of drug-likeness (QED) is 0.472. The van der Waals surface area contributed by atoms with E-state index in [9.17, 15) is 19.2 Å². The smallest absolute Gasteiger partial charge is 0.352 e.